The van der Waals surface area contributed by atoms with Gasteiger partial charge in [0, 0.05) is 63.4 Å². The van der Waals surface area contributed by atoms with Gasteiger partial charge in [-0.25, -0.2) is 0 Å². The van der Waals surface area contributed by atoms with E-state index in [1.54, 1.807) is 0 Å². The van der Waals surface area contributed by atoms with Gasteiger partial charge in [-0.1, -0.05) is 6.07 Å². The number of hydrogen-bond donors (Lipinski definition) is 4. The number of nitrogens with zero attached hydrogens (tertiary/aromatic N) is 4. The van der Waals surface area contributed by atoms with Crippen LogP contribution in [0.25, 0.3) is 0 Å². The van der Waals surface area contributed by atoms with Gasteiger partial charge >= 0.3 is 0 Å². The van der Waals surface area contributed by atoms with Gasteiger partial charge in [-0.3, -0.25) is 4.90 Å². The molecule has 1 aliphatic heterocycles. The number of anilines is 3. The number of aromatic nitrogens is 2. The van der Waals surface area contributed by atoms with Crippen molar-refractivity contribution in [2.24, 2.45) is 11.8 Å². The van der Waals surface area contributed by atoms with E-state index in [0.29, 0.717) is 17.7 Å². The Labute approximate surface area is 232 Å². The van der Waals surface area contributed by atoms with E-state index in [1.165, 1.54) is 37.0 Å². The molecule has 1 saturated carbocycles. The van der Waals surface area contributed by atoms with Gasteiger partial charge in [0.05, 0.1) is 6.61 Å². The maximum atomic E-state index is 6.15. The lowest BCUT2D eigenvalue weighted by Gasteiger charge is -2.35. The molecule has 5 N–H and O–H groups in total. The predicted octanol–water partition coefficient (Wildman–Crippen LogP) is 3.27. The Morgan fingerprint density at radius 2 is 1.79 bits per heavy atom. The summed E-state index contributed by atoms with van der Waals surface area (Å²) in [6.45, 7) is 13.8. The number of piperazine rings is 1. The second kappa shape index (κ2) is 16.2. The molecule has 9 nitrogen and oxygen atoms in total. The van der Waals surface area contributed by atoms with Crippen LogP contribution in [0.2, 0.25) is 0 Å². The fraction of sp³-hybridized carbons (Fsp3) is 0.714. The molecular weight excluding hydrogens is 496 g/mol. The molecule has 212 valence electrons. The number of hydrogen-bond acceptors (Lipinski definition) is 10. The molecular formula is C28H48N8OS. The van der Waals surface area contributed by atoms with E-state index in [0.717, 1.165) is 90.4 Å². The summed E-state index contributed by atoms with van der Waals surface area (Å²) in [5, 5.41) is 12.8. The van der Waals surface area contributed by atoms with Crippen molar-refractivity contribution in [3.05, 3.63) is 28.5 Å². The fourth-order valence-electron chi connectivity index (χ4n) is 5.38. The molecule has 1 saturated heterocycles. The van der Waals surface area contributed by atoms with E-state index < -0.39 is 0 Å². The zero-order chi connectivity index (χ0) is 26.4. The summed E-state index contributed by atoms with van der Waals surface area (Å²) >= 11 is 1.82. The van der Waals surface area contributed by atoms with Crippen molar-refractivity contribution in [1.82, 2.24) is 25.5 Å². The topological polar surface area (TPSA) is 104 Å². The van der Waals surface area contributed by atoms with Crippen molar-refractivity contribution in [3.8, 4) is 0 Å². The largest absolute Gasteiger partial charge is 0.383 e. The molecule has 0 atom stereocenters. The van der Waals surface area contributed by atoms with Gasteiger partial charge in [0.1, 0.15) is 11.6 Å². The number of nitrogens with one attached hydrogen (secondary N) is 3. The molecule has 0 aromatic carbocycles. The average molecular weight is 545 g/mol. The van der Waals surface area contributed by atoms with E-state index in [-0.39, 0.29) is 0 Å². The van der Waals surface area contributed by atoms with E-state index >= 15 is 0 Å². The van der Waals surface area contributed by atoms with Crippen LogP contribution in [0.1, 0.15) is 43.9 Å². The van der Waals surface area contributed by atoms with E-state index in [9.17, 15) is 0 Å². The second-order valence-electron chi connectivity index (χ2n) is 10.6. The first-order valence-corrected chi connectivity index (χ1v) is 15.4. The summed E-state index contributed by atoms with van der Waals surface area (Å²) < 4.78 is 5.50. The third kappa shape index (κ3) is 9.96. The quantitative estimate of drug-likeness (QED) is 0.237. The molecule has 4 rings (SSSR count). The zero-order valence-corrected chi connectivity index (χ0v) is 24.0. The minimum atomic E-state index is 0.535. The Balaban J connectivity index is 1.08. The highest BCUT2D eigenvalue weighted by Crippen LogP contribution is 2.28. The van der Waals surface area contributed by atoms with Gasteiger partial charge in [0.2, 0.25) is 5.95 Å². The van der Waals surface area contributed by atoms with Gasteiger partial charge in [-0.2, -0.15) is 9.97 Å². The molecule has 0 spiro atoms. The van der Waals surface area contributed by atoms with E-state index in [2.05, 4.69) is 48.2 Å². The number of ether oxygens (including phenoxy) is 1. The Bertz CT molecular complexity index is 898. The van der Waals surface area contributed by atoms with Gasteiger partial charge in [0.15, 0.2) is 0 Å². The van der Waals surface area contributed by atoms with Crippen LogP contribution < -0.4 is 26.6 Å². The molecule has 0 amide bonds. The van der Waals surface area contributed by atoms with Crippen LogP contribution in [-0.2, 0) is 11.3 Å². The third-order valence-electron chi connectivity index (χ3n) is 7.72. The van der Waals surface area contributed by atoms with Crippen LogP contribution in [0.5, 0.6) is 0 Å². The van der Waals surface area contributed by atoms with Crippen LogP contribution in [0.15, 0.2) is 23.6 Å². The highest BCUT2D eigenvalue weighted by atomic mass is 32.1. The van der Waals surface area contributed by atoms with Crippen LogP contribution >= 0.6 is 11.3 Å². The Morgan fingerprint density at radius 1 is 1.03 bits per heavy atom. The standard InChI is InChI=1S/C28H48N8OS/c1-2-37-17-16-35-12-14-36(15-13-35)27-19-26(29)33-28(34-27)32-21-24-8-6-23(7-9-24)20-30-10-4-11-31-22-25-5-3-18-38-25/h3,5,18-19,23-24,30-31H,2,4,6-17,20-22H2,1H3,(H3,29,32,33,34)/t23-,24-. The molecule has 3 heterocycles. The van der Waals surface area contributed by atoms with Crippen molar-refractivity contribution in [2.75, 3.05) is 88.1 Å². The Kier molecular flexibility index (Phi) is 12.4. The lowest BCUT2D eigenvalue weighted by Crippen LogP contribution is -2.47. The Hall–Kier alpha value is -1.98. The van der Waals surface area contributed by atoms with Gasteiger partial charge in [-0.15, -0.1) is 11.3 Å². The molecule has 2 aromatic heterocycles. The first-order valence-electron chi connectivity index (χ1n) is 14.6. The number of nitrogen functional groups attached to an aromatic ring is 1. The number of thiophene rings is 1. The summed E-state index contributed by atoms with van der Waals surface area (Å²) in [6, 6.07) is 6.21. The molecule has 2 fully saturated rings. The second-order valence-corrected chi connectivity index (χ2v) is 11.6. The molecule has 1 aliphatic carbocycles. The SMILES string of the molecule is CCOCCN1CCN(c2cc(N)nc(NC[C@H]3CC[C@H](CNCCCNCc4cccs4)CC3)n2)CC1. The minimum Gasteiger partial charge on any atom is -0.383 e. The highest BCUT2D eigenvalue weighted by Gasteiger charge is 2.22. The summed E-state index contributed by atoms with van der Waals surface area (Å²) in [5.74, 6) is 3.60. The molecule has 0 radical (unpaired) electrons. The summed E-state index contributed by atoms with van der Waals surface area (Å²) in [5.41, 5.74) is 6.15. The van der Waals surface area contributed by atoms with Crippen molar-refractivity contribution < 1.29 is 4.74 Å². The maximum absolute atomic E-state index is 6.15. The molecule has 2 aliphatic rings. The molecule has 10 heteroatoms. The van der Waals surface area contributed by atoms with Crippen molar-refractivity contribution >= 4 is 28.9 Å². The first kappa shape index (κ1) is 29.0. The van der Waals surface area contributed by atoms with E-state index in [1.807, 2.05) is 24.3 Å². The monoisotopic (exact) mass is 544 g/mol. The van der Waals surface area contributed by atoms with Crippen LogP contribution in [0.4, 0.5) is 17.6 Å². The fourth-order valence-corrected chi connectivity index (χ4v) is 6.05. The molecule has 2 aromatic rings. The van der Waals surface area contributed by atoms with Gasteiger partial charge in [0.25, 0.3) is 0 Å². The van der Waals surface area contributed by atoms with Crippen molar-refractivity contribution in [3.63, 3.8) is 0 Å². The summed E-state index contributed by atoms with van der Waals surface area (Å²) in [7, 11) is 0. The van der Waals surface area contributed by atoms with Gasteiger partial charge in [-0.05, 0) is 81.9 Å². The average Bonchev–Trinajstić information content (AvgIpc) is 3.46. The predicted molar refractivity (Wildman–Crippen MR) is 159 cm³/mol. The molecule has 38 heavy (non-hydrogen) atoms. The lowest BCUT2D eigenvalue weighted by molar-refractivity contribution is 0.111. The van der Waals surface area contributed by atoms with E-state index in [4.69, 9.17) is 15.5 Å². The lowest BCUT2D eigenvalue weighted by atomic mass is 9.82. The highest BCUT2D eigenvalue weighted by molar-refractivity contribution is 7.09. The van der Waals surface area contributed by atoms with Crippen molar-refractivity contribution in [1.29, 1.82) is 0 Å². The smallest absolute Gasteiger partial charge is 0.226 e. The molecule has 0 bridgehead atoms. The third-order valence-corrected chi connectivity index (χ3v) is 8.60. The molecule has 0 unspecified atom stereocenters. The number of rotatable bonds is 16. The number of nitrogens with two attached hydrogens (primary N) is 1. The first-order chi connectivity index (χ1) is 18.7. The summed E-state index contributed by atoms with van der Waals surface area (Å²) in [4.78, 5) is 15.5. The van der Waals surface area contributed by atoms with Gasteiger partial charge < -0.3 is 31.3 Å². The van der Waals surface area contributed by atoms with Crippen LogP contribution in [0.3, 0.4) is 0 Å². The minimum absolute atomic E-state index is 0.535. The summed E-state index contributed by atoms with van der Waals surface area (Å²) in [6.07, 6.45) is 6.30. The normalized spacial score (nSPS) is 20.6. The zero-order valence-electron chi connectivity index (χ0n) is 23.2. The van der Waals surface area contributed by atoms with Crippen LogP contribution in [-0.4, -0.2) is 87.0 Å². The van der Waals surface area contributed by atoms with Crippen LogP contribution in [0, 0.1) is 11.8 Å². The Morgan fingerprint density at radius 3 is 2.53 bits per heavy atom. The maximum Gasteiger partial charge on any atom is 0.226 e. The van der Waals surface area contributed by atoms with Crippen molar-refractivity contribution in [2.45, 2.75) is 45.6 Å².